The highest BCUT2D eigenvalue weighted by Gasteiger charge is 2.46. The van der Waals surface area contributed by atoms with Gasteiger partial charge in [0.25, 0.3) is 0 Å². The fraction of sp³-hybridized carbons (Fsp3) is 0.478. The van der Waals surface area contributed by atoms with Crippen LogP contribution in [0.3, 0.4) is 0 Å². The first kappa shape index (κ1) is 17.3. The van der Waals surface area contributed by atoms with Crippen molar-refractivity contribution in [2.75, 3.05) is 0 Å². The van der Waals surface area contributed by atoms with E-state index in [1.807, 2.05) is 0 Å². The molecule has 1 heterocycles. The third-order valence-corrected chi connectivity index (χ3v) is 6.53. The smallest absolute Gasteiger partial charge is 0.188 e. The number of ketones is 1. The van der Waals surface area contributed by atoms with E-state index in [-0.39, 0.29) is 17.1 Å². The quantitative estimate of drug-likeness (QED) is 0.600. The lowest BCUT2D eigenvalue weighted by Crippen LogP contribution is -2.41. The van der Waals surface area contributed by atoms with Gasteiger partial charge in [0.1, 0.15) is 5.69 Å². The molecule has 26 heavy (non-hydrogen) atoms. The number of allylic oxidation sites excluding steroid dienone is 2. The number of fused-ring (bicyclic) bond motifs is 3. The highest BCUT2D eigenvalue weighted by atomic mass is 16.1. The second kappa shape index (κ2) is 6.22. The van der Waals surface area contributed by atoms with E-state index >= 15 is 0 Å². The largest absolute Gasteiger partial charge is 0.342 e. The number of imidazole rings is 1. The van der Waals surface area contributed by atoms with Gasteiger partial charge in [-0.2, -0.15) is 0 Å². The van der Waals surface area contributed by atoms with Crippen LogP contribution in [0.1, 0.15) is 80.1 Å². The zero-order chi connectivity index (χ0) is 18.5. The lowest BCUT2D eigenvalue weighted by Gasteiger charge is -2.46. The molecule has 3 nitrogen and oxygen atoms in total. The summed E-state index contributed by atoms with van der Waals surface area (Å²) in [4.78, 5) is 20.4. The van der Waals surface area contributed by atoms with E-state index in [2.05, 4.69) is 55.9 Å². The van der Waals surface area contributed by atoms with Gasteiger partial charge in [0.05, 0.1) is 18.4 Å². The average molecular weight is 348 g/mol. The summed E-state index contributed by atoms with van der Waals surface area (Å²) in [6, 6.07) is 6.96. The first-order valence-corrected chi connectivity index (χ1v) is 9.78. The molecular weight excluding hydrogens is 320 g/mol. The van der Waals surface area contributed by atoms with Crippen molar-refractivity contribution in [3.63, 3.8) is 0 Å². The number of benzene rings is 1. The molecule has 0 amide bonds. The molecule has 1 unspecified atom stereocenters. The van der Waals surface area contributed by atoms with Crippen LogP contribution in [0, 0.1) is 5.92 Å². The maximum absolute atomic E-state index is 13.3. The van der Waals surface area contributed by atoms with Gasteiger partial charge >= 0.3 is 0 Å². The second-order valence-corrected chi connectivity index (χ2v) is 8.54. The number of aromatic nitrogens is 2. The molecule has 0 aliphatic heterocycles. The molecule has 2 atom stereocenters. The van der Waals surface area contributed by atoms with E-state index in [9.17, 15) is 4.79 Å². The monoisotopic (exact) mass is 348 g/mol. The third-order valence-electron chi connectivity index (χ3n) is 6.53. The van der Waals surface area contributed by atoms with E-state index in [0.29, 0.717) is 11.6 Å². The summed E-state index contributed by atoms with van der Waals surface area (Å²) in [6.07, 6.45) is 7.50. The molecule has 0 bridgehead atoms. The Morgan fingerprint density at radius 3 is 2.85 bits per heavy atom. The molecule has 2 aliphatic rings. The highest BCUT2D eigenvalue weighted by molar-refractivity contribution is 5.98. The molecule has 1 N–H and O–H groups in total. The number of carbonyl (C=O) groups is 1. The van der Waals surface area contributed by atoms with Crippen molar-refractivity contribution < 1.29 is 4.79 Å². The van der Waals surface area contributed by atoms with Crippen LogP contribution in [0.25, 0.3) is 0 Å². The zero-order valence-corrected chi connectivity index (χ0v) is 16.2. The molecule has 1 aromatic carbocycles. The zero-order valence-electron chi connectivity index (χ0n) is 16.2. The number of hydrogen-bond acceptors (Lipinski definition) is 2. The number of aromatic amines is 1. The van der Waals surface area contributed by atoms with Crippen LogP contribution in [0.5, 0.6) is 0 Å². The van der Waals surface area contributed by atoms with Crippen molar-refractivity contribution >= 4 is 5.78 Å². The van der Waals surface area contributed by atoms with Crippen LogP contribution in [0.4, 0.5) is 0 Å². The topological polar surface area (TPSA) is 45.8 Å². The summed E-state index contributed by atoms with van der Waals surface area (Å²) in [5.74, 6) is 0.612. The Labute approximate surface area is 155 Å². The van der Waals surface area contributed by atoms with E-state index in [0.717, 1.165) is 19.3 Å². The van der Waals surface area contributed by atoms with E-state index < -0.39 is 0 Å². The second-order valence-electron chi connectivity index (χ2n) is 8.54. The summed E-state index contributed by atoms with van der Waals surface area (Å²) in [7, 11) is 0. The molecule has 2 aromatic rings. The summed E-state index contributed by atoms with van der Waals surface area (Å²) >= 11 is 0. The van der Waals surface area contributed by atoms with Crippen LogP contribution in [-0.2, 0) is 11.8 Å². The fourth-order valence-electron chi connectivity index (χ4n) is 5.21. The Hall–Kier alpha value is -2.16. The molecule has 0 spiro atoms. The lowest BCUT2D eigenvalue weighted by atomic mass is 9.57. The van der Waals surface area contributed by atoms with Crippen LogP contribution < -0.4 is 0 Å². The molecule has 0 fully saturated rings. The minimum Gasteiger partial charge on any atom is -0.342 e. The number of rotatable bonds is 3. The Bertz CT molecular complexity index is 876. The predicted molar refractivity (Wildman–Crippen MR) is 105 cm³/mol. The highest BCUT2D eigenvalue weighted by Crippen LogP contribution is 2.52. The van der Waals surface area contributed by atoms with Gasteiger partial charge in [0.15, 0.2) is 5.78 Å². The minimum atomic E-state index is -0.0735. The molecule has 4 rings (SSSR count). The van der Waals surface area contributed by atoms with E-state index in [1.165, 1.54) is 34.3 Å². The Morgan fingerprint density at radius 2 is 2.15 bits per heavy atom. The molecule has 1 aromatic heterocycles. The normalized spacial score (nSPS) is 25.2. The first-order chi connectivity index (χ1) is 12.4. The minimum absolute atomic E-state index is 0.0220. The number of nitrogens with one attached hydrogen (secondary N) is 1. The summed E-state index contributed by atoms with van der Waals surface area (Å²) < 4.78 is 0. The maximum Gasteiger partial charge on any atom is 0.188 e. The molecule has 0 radical (unpaired) electrons. The standard InChI is InChI=1S/C23H28N2O/c1-14(2)16-7-8-19-17(10-16)11-18(22(26)20-12-24-13-25-20)21-15(3)6-5-9-23(19,21)4/h7-8,10,12-14,18H,5-6,9,11H2,1-4H3,(H,24,25)/t18?,23-/m1/s1. The molecular formula is C23H28N2O. The van der Waals surface area contributed by atoms with Crippen molar-refractivity contribution in [2.24, 2.45) is 5.92 Å². The van der Waals surface area contributed by atoms with Gasteiger partial charge in [-0.05, 0) is 60.8 Å². The molecule has 0 saturated heterocycles. The van der Waals surface area contributed by atoms with Crippen molar-refractivity contribution in [3.05, 3.63) is 64.3 Å². The van der Waals surface area contributed by atoms with Crippen LogP contribution >= 0.6 is 0 Å². The average Bonchev–Trinajstić information content (AvgIpc) is 3.14. The van der Waals surface area contributed by atoms with Gasteiger partial charge in [-0.1, -0.05) is 44.5 Å². The van der Waals surface area contributed by atoms with Crippen molar-refractivity contribution in [1.29, 1.82) is 0 Å². The van der Waals surface area contributed by atoms with Crippen molar-refractivity contribution in [1.82, 2.24) is 9.97 Å². The van der Waals surface area contributed by atoms with Crippen molar-refractivity contribution in [2.45, 2.75) is 64.7 Å². The fourth-order valence-corrected chi connectivity index (χ4v) is 5.21. The Balaban J connectivity index is 1.89. The summed E-state index contributed by atoms with van der Waals surface area (Å²) in [6.45, 7) is 9.05. The third kappa shape index (κ3) is 2.56. The number of nitrogens with zero attached hydrogens (tertiary/aromatic N) is 1. The van der Waals surface area contributed by atoms with E-state index in [4.69, 9.17) is 0 Å². The SMILES string of the molecule is CC1=C2C(C(=O)c3cnc[nH]3)Cc3cc(C(C)C)ccc3[C@@]2(C)CCC1. The van der Waals surface area contributed by atoms with Gasteiger partial charge in [-0.25, -0.2) is 4.98 Å². The van der Waals surface area contributed by atoms with Gasteiger partial charge in [-0.15, -0.1) is 0 Å². The molecule has 0 saturated carbocycles. The summed E-state index contributed by atoms with van der Waals surface area (Å²) in [5, 5.41) is 0. The van der Waals surface area contributed by atoms with E-state index in [1.54, 1.807) is 12.5 Å². The predicted octanol–water partition coefficient (Wildman–Crippen LogP) is 5.35. The number of H-pyrrole nitrogens is 1. The molecule has 3 heteroatoms. The van der Waals surface area contributed by atoms with Crippen LogP contribution in [0.15, 0.2) is 41.9 Å². The van der Waals surface area contributed by atoms with Crippen LogP contribution in [0.2, 0.25) is 0 Å². The van der Waals surface area contributed by atoms with Gasteiger partial charge in [-0.3, -0.25) is 4.79 Å². The van der Waals surface area contributed by atoms with Crippen LogP contribution in [-0.4, -0.2) is 15.8 Å². The summed E-state index contributed by atoms with van der Waals surface area (Å²) in [5.41, 5.74) is 7.54. The lowest BCUT2D eigenvalue weighted by molar-refractivity contribution is 0.0918. The molecule has 136 valence electrons. The first-order valence-electron chi connectivity index (χ1n) is 9.78. The Morgan fingerprint density at radius 1 is 1.35 bits per heavy atom. The van der Waals surface area contributed by atoms with Gasteiger partial charge in [0.2, 0.25) is 0 Å². The van der Waals surface area contributed by atoms with Gasteiger partial charge < -0.3 is 4.98 Å². The molecule has 2 aliphatic carbocycles. The van der Waals surface area contributed by atoms with Gasteiger partial charge in [0, 0.05) is 5.41 Å². The maximum atomic E-state index is 13.3. The van der Waals surface area contributed by atoms with Crippen molar-refractivity contribution in [3.8, 4) is 0 Å². The number of carbonyl (C=O) groups excluding carboxylic acids is 1. The number of hydrogen-bond donors (Lipinski definition) is 1. The Kier molecular flexibility index (Phi) is 4.13. The number of Topliss-reactive ketones (excluding diaryl/α,β-unsaturated/α-hetero) is 1.